The summed E-state index contributed by atoms with van der Waals surface area (Å²) in [7, 11) is 1.21. The molecule has 0 aliphatic rings. The fourth-order valence-electron chi connectivity index (χ4n) is 2.44. The molecule has 3 aromatic rings. The van der Waals surface area contributed by atoms with Crippen LogP contribution in [0.1, 0.15) is 5.56 Å². The van der Waals surface area contributed by atoms with Crippen LogP contribution < -0.4 is 9.64 Å². The van der Waals surface area contributed by atoms with Crippen LogP contribution in [0.2, 0.25) is 0 Å². The topological polar surface area (TPSA) is 72.6 Å². The van der Waals surface area contributed by atoms with Gasteiger partial charge >= 0.3 is 0 Å². The number of nitrogens with zero attached hydrogens (tertiary/aromatic N) is 2. The van der Waals surface area contributed by atoms with Crippen LogP contribution in [0, 0.1) is 6.92 Å². The van der Waals surface area contributed by atoms with E-state index in [1.807, 2.05) is 6.92 Å². The number of ether oxygens (including phenoxy) is 1. The highest BCUT2D eigenvalue weighted by molar-refractivity contribution is 7.91. The van der Waals surface area contributed by atoms with Crippen LogP contribution in [-0.4, -0.2) is 34.6 Å². The second-order valence-corrected chi connectivity index (χ2v) is 7.93. The van der Waals surface area contributed by atoms with Gasteiger partial charge in [-0.2, -0.15) is 4.98 Å². The zero-order valence-corrected chi connectivity index (χ0v) is 15.9. The van der Waals surface area contributed by atoms with Crippen LogP contribution in [-0.2, 0) is 9.84 Å². The van der Waals surface area contributed by atoms with Crippen LogP contribution in [0.3, 0.4) is 0 Å². The van der Waals surface area contributed by atoms with Gasteiger partial charge in [0.05, 0.1) is 12.0 Å². The van der Waals surface area contributed by atoms with Crippen molar-refractivity contribution in [1.29, 1.82) is 0 Å². The van der Waals surface area contributed by atoms with E-state index in [9.17, 15) is 8.42 Å². The molecule has 0 amide bonds. The summed E-state index contributed by atoms with van der Waals surface area (Å²) < 4.78 is 37.0. The van der Waals surface area contributed by atoms with Gasteiger partial charge in [-0.05, 0) is 43.3 Å². The van der Waals surface area contributed by atoms with Crippen molar-refractivity contribution in [3.63, 3.8) is 0 Å². The fraction of sp³-hybridized carbons (Fsp3) is 0.211. The predicted octanol–water partition coefficient (Wildman–Crippen LogP) is 3.56. The maximum atomic E-state index is 13.0. The lowest BCUT2D eigenvalue weighted by atomic mass is 10.2. The molecule has 0 aliphatic carbocycles. The number of sulfone groups is 1. The summed E-state index contributed by atoms with van der Waals surface area (Å²) in [4.78, 5) is 6.07. The molecule has 0 saturated carbocycles. The standard InChI is InChI=1S/C19H20N2O4S/c1-13-5-11-16(12-6-13)26(22,23)18-19(21(2)3)25-17(20-18)14-7-9-15(24-4)10-8-14/h5-12H,1-4H3. The highest BCUT2D eigenvalue weighted by atomic mass is 32.2. The lowest BCUT2D eigenvalue weighted by molar-refractivity contribution is 0.415. The van der Waals surface area contributed by atoms with Crippen molar-refractivity contribution in [3.8, 4) is 17.2 Å². The van der Waals surface area contributed by atoms with Gasteiger partial charge in [0, 0.05) is 19.7 Å². The van der Waals surface area contributed by atoms with Crippen LogP contribution in [0.25, 0.3) is 11.5 Å². The monoisotopic (exact) mass is 372 g/mol. The molecule has 0 atom stereocenters. The first-order chi connectivity index (χ1) is 12.3. The third-order valence-corrected chi connectivity index (χ3v) is 5.58. The molecule has 0 bridgehead atoms. The number of aryl methyl sites for hydroxylation is 1. The predicted molar refractivity (Wildman–Crippen MR) is 99.4 cm³/mol. The van der Waals surface area contributed by atoms with Crippen molar-refractivity contribution < 1.29 is 17.6 Å². The first-order valence-corrected chi connectivity index (χ1v) is 9.45. The SMILES string of the molecule is COc1ccc(-c2nc(S(=O)(=O)c3ccc(C)cc3)c(N(C)C)o2)cc1. The van der Waals surface area contributed by atoms with Crippen molar-refractivity contribution in [2.45, 2.75) is 16.8 Å². The number of rotatable bonds is 5. The summed E-state index contributed by atoms with van der Waals surface area (Å²) in [5.74, 6) is 1.12. The molecule has 3 rings (SSSR count). The Labute approximate surface area is 153 Å². The summed E-state index contributed by atoms with van der Waals surface area (Å²) in [5, 5.41) is -0.0998. The lowest BCUT2D eigenvalue weighted by Crippen LogP contribution is -2.13. The van der Waals surface area contributed by atoms with Crippen molar-refractivity contribution in [2.24, 2.45) is 0 Å². The molecule has 26 heavy (non-hydrogen) atoms. The molecular weight excluding hydrogens is 352 g/mol. The van der Waals surface area contributed by atoms with E-state index in [0.717, 1.165) is 5.56 Å². The van der Waals surface area contributed by atoms with E-state index in [4.69, 9.17) is 9.15 Å². The Morgan fingerprint density at radius 2 is 1.62 bits per heavy atom. The summed E-state index contributed by atoms with van der Waals surface area (Å²) in [5.41, 5.74) is 1.65. The maximum absolute atomic E-state index is 13.0. The van der Waals surface area contributed by atoms with E-state index in [2.05, 4.69) is 4.98 Å². The Hall–Kier alpha value is -2.80. The molecule has 1 aromatic heterocycles. The van der Waals surface area contributed by atoms with Gasteiger partial charge in [0.15, 0.2) is 0 Å². The number of aromatic nitrogens is 1. The molecule has 0 unspecified atom stereocenters. The van der Waals surface area contributed by atoms with E-state index >= 15 is 0 Å². The summed E-state index contributed by atoms with van der Waals surface area (Å²) >= 11 is 0. The van der Waals surface area contributed by atoms with E-state index < -0.39 is 9.84 Å². The number of methoxy groups -OCH3 is 1. The van der Waals surface area contributed by atoms with Gasteiger partial charge in [0.2, 0.25) is 26.6 Å². The molecule has 7 heteroatoms. The highest BCUT2D eigenvalue weighted by Gasteiger charge is 2.29. The zero-order chi connectivity index (χ0) is 18.9. The number of anilines is 1. The Balaban J connectivity index is 2.11. The van der Waals surface area contributed by atoms with Crippen LogP contribution in [0.5, 0.6) is 5.75 Å². The maximum Gasteiger partial charge on any atom is 0.235 e. The van der Waals surface area contributed by atoms with Gasteiger partial charge in [-0.15, -0.1) is 0 Å². The largest absolute Gasteiger partial charge is 0.497 e. The van der Waals surface area contributed by atoms with Gasteiger partial charge in [0.25, 0.3) is 0 Å². The van der Waals surface area contributed by atoms with Gasteiger partial charge in [-0.25, -0.2) is 8.42 Å². The minimum atomic E-state index is -3.80. The number of oxazole rings is 1. The summed E-state index contributed by atoms with van der Waals surface area (Å²) in [6.45, 7) is 1.90. The second kappa shape index (κ2) is 6.84. The smallest absolute Gasteiger partial charge is 0.235 e. The zero-order valence-electron chi connectivity index (χ0n) is 15.1. The Bertz CT molecular complexity index is 1000. The molecule has 0 N–H and O–H groups in total. The van der Waals surface area contributed by atoms with Crippen molar-refractivity contribution >= 4 is 15.7 Å². The fourth-order valence-corrected chi connectivity index (χ4v) is 3.82. The first-order valence-electron chi connectivity index (χ1n) is 7.97. The quantitative estimate of drug-likeness (QED) is 0.682. The van der Waals surface area contributed by atoms with E-state index in [0.29, 0.717) is 11.3 Å². The average Bonchev–Trinajstić information content (AvgIpc) is 3.09. The lowest BCUT2D eigenvalue weighted by Gasteiger charge is -2.10. The second-order valence-electron chi connectivity index (χ2n) is 6.07. The van der Waals surface area contributed by atoms with E-state index in [1.165, 1.54) is 0 Å². The Morgan fingerprint density at radius 3 is 2.15 bits per heavy atom. The van der Waals surface area contributed by atoms with Crippen LogP contribution >= 0.6 is 0 Å². The first kappa shape index (κ1) is 18.0. The summed E-state index contributed by atoms with van der Waals surface area (Å²) in [6, 6.07) is 13.7. The Morgan fingerprint density at radius 1 is 1.00 bits per heavy atom. The van der Waals surface area contributed by atoms with Crippen molar-refractivity contribution in [2.75, 3.05) is 26.1 Å². The molecule has 136 valence electrons. The Kier molecular flexibility index (Phi) is 4.73. The number of benzene rings is 2. The number of hydrogen-bond donors (Lipinski definition) is 0. The molecule has 1 heterocycles. The van der Waals surface area contributed by atoms with Gasteiger partial charge < -0.3 is 14.1 Å². The molecular formula is C19H20N2O4S. The van der Waals surface area contributed by atoms with Crippen LogP contribution in [0.15, 0.2) is 62.9 Å². The van der Waals surface area contributed by atoms with Gasteiger partial charge in [-0.3, -0.25) is 0 Å². The molecule has 0 aliphatic heterocycles. The van der Waals surface area contributed by atoms with Crippen molar-refractivity contribution in [1.82, 2.24) is 4.98 Å². The highest BCUT2D eigenvalue weighted by Crippen LogP contribution is 2.34. The molecule has 2 aromatic carbocycles. The average molecular weight is 372 g/mol. The normalized spacial score (nSPS) is 11.4. The minimum Gasteiger partial charge on any atom is -0.497 e. The minimum absolute atomic E-state index is 0.0998. The number of hydrogen-bond acceptors (Lipinski definition) is 6. The van der Waals surface area contributed by atoms with Crippen molar-refractivity contribution in [3.05, 3.63) is 54.1 Å². The molecule has 0 saturated heterocycles. The molecule has 0 radical (unpaired) electrons. The van der Waals surface area contributed by atoms with E-state index in [1.54, 1.807) is 74.6 Å². The molecule has 0 fully saturated rings. The molecule has 0 spiro atoms. The third-order valence-electron chi connectivity index (χ3n) is 3.91. The van der Waals surface area contributed by atoms with Gasteiger partial charge in [-0.1, -0.05) is 17.7 Å². The van der Waals surface area contributed by atoms with Crippen LogP contribution in [0.4, 0.5) is 5.88 Å². The van der Waals surface area contributed by atoms with E-state index in [-0.39, 0.29) is 21.7 Å². The molecule has 6 nitrogen and oxygen atoms in total. The van der Waals surface area contributed by atoms with Gasteiger partial charge in [0.1, 0.15) is 5.75 Å². The third kappa shape index (κ3) is 3.30. The summed E-state index contributed by atoms with van der Waals surface area (Å²) in [6.07, 6.45) is 0.